The number of amides is 3. The van der Waals surface area contributed by atoms with Crippen LogP contribution in [0.1, 0.15) is 52.0 Å². The highest BCUT2D eigenvalue weighted by molar-refractivity contribution is 6.24. The minimum Gasteiger partial charge on any atom is -0.344 e. The Labute approximate surface area is 218 Å². The van der Waals surface area contributed by atoms with E-state index in [-0.39, 0.29) is 31.1 Å². The molecule has 1 saturated carbocycles. The molecule has 0 aromatic heterocycles. The predicted molar refractivity (Wildman–Crippen MR) is 129 cm³/mol. The Bertz CT molecular complexity index is 1170. The topological polar surface area (TPSA) is 114 Å². The molecule has 3 aliphatic rings. The summed E-state index contributed by atoms with van der Waals surface area (Å²) in [6.45, 7) is 4.94. The Morgan fingerprint density at radius 3 is 2.50 bits per heavy atom. The number of fused-ring (bicyclic) bond motifs is 2. The van der Waals surface area contributed by atoms with Gasteiger partial charge in [0.2, 0.25) is 5.91 Å². The number of rotatable bonds is 7. The number of carbonyl (C=O) groups excluding carboxylic acids is 3. The normalized spacial score (nSPS) is 24.7. The zero-order valence-electron chi connectivity index (χ0n) is 21.4. The van der Waals surface area contributed by atoms with Crippen LogP contribution < -0.4 is 20.9 Å². The first-order chi connectivity index (χ1) is 17.7. The predicted octanol–water partition coefficient (Wildman–Crippen LogP) is 2.67. The van der Waals surface area contributed by atoms with Crippen LogP contribution >= 0.6 is 0 Å². The van der Waals surface area contributed by atoms with Gasteiger partial charge in [0.1, 0.15) is 5.82 Å². The van der Waals surface area contributed by atoms with E-state index in [1.54, 1.807) is 20.8 Å². The van der Waals surface area contributed by atoms with Crippen molar-refractivity contribution in [3.63, 3.8) is 0 Å². The number of imide groups is 1. The van der Waals surface area contributed by atoms with Gasteiger partial charge in [-0.2, -0.15) is 18.4 Å². The first kappa shape index (κ1) is 28.0. The Morgan fingerprint density at radius 1 is 1.26 bits per heavy atom. The summed E-state index contributed by atoms with van der Waals surface area (Å²) in [5, 5.41) is 17.4. The zero-order valence-corrected chi connectivity index (χ0v) is 21.4. The third-order valence-electron chi connectivity index (χ3n) is 7.65. The minimum absolute atomic E-state index is 0.0700. The van der Waals surface area contributed by atoms with Crippen LogP contribution in [0.15, 0.2) is 18.2 Å². The summed E-state index contributed by atoms with van der Waals surface area (Å²) >= 11 is 0. The van der Waals surface area contributed by atoms with Crippen molar-refractivity contribution in [2.24, 2.45) is 11.3 Å². The fourth-order valence-electron chi connectivity index (χ4n) is 5.18. The van der Waals surface area contributed by atoms with Gasteiger partial charge in [0.15, 0.2) is 0 Å². The van der Waals surface area contributed by atoms with Gasteiger partial charge in [-0.1, -0.05) is 33.6 Å². The van der Waals surface area contributed by atoms with E-state index >= 15 is 0 Å². The monoisotopic (exact) mass is 537 g/mol. The first-order valence-electron chi connectivity index (χ1n) is 12.6. The van der Waals surface area contributed by atoms with Gasteiger partial charge in [0, 0.05) is 19.1 Å². The molecular formula is C26H31F4N5O3. The quantitative estimate of drug-likeness (QED) is 0.461. The molecule has 4 atom stereocenters. The maximum atomic E-state index is 14.3. The minimum atomic E-state index is -5.06. The van der Waals surface area contributed by atoms with E-state index < -0.39 is 58.7 Å². The van der Waals surface area contributed by atoms with Gasteiger partial charge >= 0.3 is 12.1 Å². The lowest BCUT2D eigenvalue weighted by atomic mass is 9.79. The Morgan fingerprint density at radius 2 is 1.95 bits per heavy atom. The van der Waals surface area contributed by atoms with Crippen molar-refractivity contribution in [2.45, 2.75) is 76.2 Å². The fraction of sp³-hybridized carbons (Fsp3) is 0.615. The number of halogens is 4. The number of alkyl halides is 3. The van der Waals surface area contributed by atoms with Crippen molar-refractivity contribution in [3.8, 4) is 6.07 Å². The van der Waals surface area contributed by atoms with Crippen LogP contribution in [0, 0.1) is 28.5 Å². The second-order valence-corrected chi connectivity index (χ2v) is 11.5. The Hall–Kier alpha value is -3.04. The largest absolute Gasteiger partial charge is 0.471 e. The van der Waals surface area contributed by atoms with Gasteiger partial charge in [-0.15, -0.1) is 0 Å². The Kier molecular flexibility index (Phi) is 7.31. The molecule has 2 unspecified atom stereocenters. The van der Waals surface area contributed by atoms with E-state index in [1.807, 2.05) is 5.32 Å². The number of carbonyl (C=O) groups is 3. The van der Waals surface area contributed by atoms with E-state index in [4.69, 9.17) is 0 Å². The molecule has 206 valence electrons. The van der Waals surface area contributed by atoms with E-state index in [9.17, 15) is 37.2 Å². The number of anilines is 1. The van der Waals surface area contributed by atoms with Gasteiger partial charge in [0.25, 0.3) is 5.91 Å². The smallest absolute Gasteiger partial charge is 0.344 e. The maximum Gasteiger partial charge on any atom is 0.471 e. The standard InChI is InChI=1S/C26H31F4N5O3/c1-24(2,3)20(34-22(37)26(28,29)30)12-32-18(8-14-4-5-14)21(36)35-19-7-6-15(27)9-17(19)25(23(35)38)10-16(11-31)33-13-25/h6-7,9,14,16,18,20,32-33H,4-5,8,10,12-13H2,1-3H3,(H,34,37)/t16-,18?,20?,25-/m0/s1. The van der Waals surface area contributed by atoms with E-state index in [0.717, 1.165) is 23.8 Å². The van der Waals surface area contributed by atoms with Crippen LogP contribution in [0.2, 0.25) is 0 Å². The second-order valence-electron chi connectivity index (χ2n) is 11.5. The van der Waals surface area contributed by atoms with Crippen LogP contribution in [0.5, 0.6) is 0 Å². The van der Waals surface area contributed by atoms with Gasteiger partial charge in [-0.25, -0.2) is 9.29 Å². The van der Waals surface area contributed by atoms with Gasteiger partial charge in [-0.3, -0.25) is 14.4 Å². The van der Waals surface area contributed by atoms with E-state index in [0.29, 0.717) is 12.0 Å². The number of benzene rings is 1. The lowest BCUT2D eigenvalue weighted by Crippen LogP contribution is -2.57. The molecule has 1 aromatic rings. The molecule has 1 saturated heterocycles. The van der Waals surface area contributed by atoms with Crippen molar-refractivity contribution in [3.05, 3.63) is 29.6 Å². The van der Waals surface area contributed by atoms with Crippen molar-refractivity contribution >= 4 is 23.4 Å². The summed E-state index contributed by atoms with van der Waals surface area (Å²) < 4.78 is 53.1. The summed E-state index contributed by atoms with van der Waals surface area (Å²) in [5.74, 6) is -3.59. The zero-order chi connectivity index (χ0) is 28.0. The van der Waals surface area contributed by atoms with Gasteiger partial charge < -0.3 is 16.0 Å². The van der Waals surface area contributed by atoms with Crippen molar-refractivity contribution in [1.29, 1.82) is 5.26 Å². The summed E-state index contributed by atoms with van der Waals surface area (Å²) in [5.41, 5.74) is -1.48. The van der Waals surface area contributed by atoms with Gasteiger partial charge in [0.05, 0.1) is 29.3 Å². The number of hydrogen-bond acceptors (Lipinski definition) is 6. The number of nitrogens with one attached hydrogen (secondary N) is 3. The molecule has 2 fully saturated rings. The van der Waals surface area contributed by atoms with E-state index in [2.05, 4.69) is 16.7 Å². The molecule has 1 aliphatic carbocycles. The number of nitrogens with zero attached hydrogens (tertiary/aromatic N) is 2. The molecule has 3 amide bonds. The molecule has 4 rings (SSSR count). The van der Waals surface area contributed by atoms with Gasteiger partial charge in [-0.05, 0) is 47.9 Å². The second kappa shape index (κ2) is 9.93. The molecule has 12 heteroatoms. The van der Waals surface area contributed by atoms with Crippen molar-refractivity contribution in [2.75, 3.05) is 18.0 Å². The molecule has 1 spiro atoms. The summed E-state index contributed by atoms with van der Waals surface area (Å²) in [6.07, 6.45) is -2.86. The first-order valence-corrected chi connectivity index (χ1v) is 12.6. The van der Waals surface area contributed by atoms with Crippen LogP contribution in [-0.4, -0.2) is 55.1 Å². The van der Waals surface area contributed by atoms with Crippen molar-refractivity contribution in [1.82, 2.24) is 16.0 Å². The lowest BCUT2D eigenvalue weighted by Gasteiger charge is -2.34. The average molecular weight is 538 g/mol. The molecule has 8 nitrogen and oxygen atoms in total. The van der Waals surface area contributed by atoms with E-state index in [1.165, 1.54) is 12.1 Å². The van der Waals surface area contributed by atoms with Crippen LogP contribution in [0.25, 0.3) is 0 Å². The third kappa shape index (κ3) is 5.40. The molecule has 0 bridgehead atoms. The molecule has 0 radical (unpaired) electrons. The van der Waals surface area contributed by atoms with Crippen LogP contribution in [0.4, 0.5) is 23.2 Å². The molecule has 2 heterocycles. The third-order valence-corrected chi connectivity index (χ3v) is 7.65. The van der Waals surface area contributed by atoms with Crippen LogP contribution in [-0.2, 0) is 19.8 Å². The highest BCUT2D eigenvalue weighted by Crippen LogP contribution is 2.47. The Balaban J connectivity index is 1.61. The molecule has 3 N–H and O–H groups in total. The lowest BCUT2D eigenvalue weighted by molar-refractivity contribution is -0.175. The summed E-state index contributed by atoms with van der Waals surface area (Å²) in [6, 6.07) is 3.27. The highest BCUT2D eigenvalue weighted by Gasteiger charge is 2.57. The SMILES string of the molecule is CC(C)(C)C(CNC(CC1CC1)C(=O)N1C(=O)[C@@]2(CN[C@H](C#N)C2)c2cc(F)ccc21)NC(=O)C(F)(F)F. The van der Waals surface area contributed by atoms with Crippen LogP contribution in [0.3, 0.4) is 0 Å². The summed E-state index contributed by atoms with van der Waals surface area (Å²) in [4.78, 5) is 40.4. The molecule has 38 heavy (non-hydrogen) atoms. The van der Waals surface area contributed by atoms with Crippen molar-refractivity contribution < 1.29 is 31.9 Å². The average Bonchev–Trinajstić information content (AvgIpc) is 3.49. The number of hydrogen-bond donors (Lipinski definition) is 3. The molecule has 1 aromatic carbocycles. The molecular weight excluding hydrogens is 506 g/mol. The fourth-order valence-corrected chi connectivity index (χ4v) is 5.18. The summed E-state index contributed by atoms with van der Waals surface area (Å²) in [7, 11) is 0. The maximum absolute atomic E-state index is 14.3. The number of nitriles is 1. The highest BCUT2D eigenvalue weighted by atomic mass is 19.4. The molecule has 2 aliphatic heterocycles.